The zero-order valence-electron chi connectivity index (χ0n) is 10.6. The molecule has 0 bridgehead atoms. The summed E-state index contributed by atoms with van der Waals surface area (Å²) in [6, 6.07) is 9.47. The number of aromatic nitrogens is 1. The number of hydrogen-bond acceptors (Lipinski definition) is 3. The van der Waals surface area contributed by atoms with Crippen LogP contribution in [0.5, 0.6) is 0 Å². The summed E-state index contributed by atoms with van der Waals surface area (Å²) in [4.78, 5) is 5.37. The Morgan fingerprint density at radius 2 is 2.06 bits per heavy atom. The predicted octanol–water partition coefficient (Wildman–Crippen LogP) is 3.87. The number of nitrogens with one attached hydrogen (secondary N) is 1. The molecule has 1 aromatic heterocycles. The number of piperidine rings is 1. The van der Waals surface area contributed by atoms with Gasteiger partial charge in [0.2, 0.25) is 0 Å². The molecule has 1 fully saturated rings. The Kier molecular flexibility index (Phi) is 3.43. The molecule has 2 nitrogen and oxygen atoms in total. The third-order valence-corrected chi connectivity index (χ3v) is 4.51. The summed E-state index contributed by atoms with van der Waals surface area (Å²) in [6.07, 6.45) is 4.51. The number of thiazole rings is 1. The molecule has 18 heavy (non-hydrogen) atoms. The number of rotatable bonds is 2. The zero-order valence-corrected chi connectivity index (χ0v) is 11.4. The van der Waals surface area contributed by atoms with Crippen molar-refractivity contribution < 1.29 is 0 Å². The van der Waals surface area contributed by atoms with Gasteiger partial charge in [-0.15, -0.1) is 11.3 Å². The van der Waals surface area contributed by atoms with Crippen molar-refractivity contribution in [3.63, 3.8) is 0 Å². The molecular formula is C15H18N2S. The van der Waals surface area contributed by atoms with Crippen molar-refractivity contribution >= 4 is 11.3 Å². The second kappa shape index (κ2) is 5.21. The Morgan fingerprint density at radius 1 is 1.22 bits per heavy atom. The molecule has 2 heterocycles. The largest absolute Gasteiger partial charge is 0.310 e. The van der Waals surface area contributed by atoms with Gasteiger partial charge in [0.25, 0.3) is 0 Å². The van der Waals surface area contributed by atoms with Crippen LogP contribution >= 0.6 is 11.3 Å². The number of hydrogen-bond donors (Lipinski definition) is 1. The van der Waals surface area contributed by atoms with Gasteiger partial charge in [0.1, 0.15) is 0 Å². The molecule has 3 heteroatoms. The molecule has 1 aliphatic rings. The van der Waals surface area contributed by atoms with Gasteiger partial charge in [0, 0.05) is 12.2 Å². The van der Waals surface area contributed by atoms with Gasteiger partial charge in [-0.1, -0.05) is 31.2 Å². The first-order valence-electron chi connectivity index (χ1n) is 6.55. The molecule has 0 unspecified atom stereocenters. The van der Waals surface area contributed by atoms with Gasteiger partial charge in [-0.3, -0.25) is 4.98 Å². The fraction of sp³-hybridized carbons (Fsp3) is 0.400. The van der Waals surface area contributed by atoms with Crippen molar-refractivity contribution in [1.29, 1.82) is 0 Å². The summed E-state index contributed by atoms with van der Waals surface area (Å²) >= 11 is 1.69. The fourth-order valence-corrected chi connectivity index (χ4v) is 3.15. The lowest BCUT2D eigenvalue weighted by Crippen LogP contribution is -2.31. The average Bonchev–Trinajstić information content (AvgIpc) is 2.94. The highest BCUT2D eigenvalue weighted by atomic mass is 32.1. The maximum atomic E-state index is 4.13. The first kappa shape index (κ1) is 11.9. The Morgan fingerprint density at radius 3 is 2.67 bits per heavy atom. The second-order valence-corrected chi connectivity index (χ2v) is 6.02. The van der Waals surface area contributed by atoms with E-state index in [0.717, 1.165) is 12.5 Å². The van der Waals surface area contributed by atoms with Crippen molar-refractivity contribution in [3.8, 4) is 10.4 Å². The Bertz CT molecular complexity index is 482. The minimum absolute atomic E-state index is 0.539. The van der Waals surface area contributed by atoms with Gasteiger partial charge in [-0.2, -0.15) is 0 Å². The van der Waals surface area contributed by atoms with Gasteiger partial charge in [0.05, 0.1) is 10.4 Å². The molecule has 1 aromatic carbocycles. The molecule has 0 amide bonds. The standard InChI is InChI=1S/C15H18N2S/c1-11-2-7-14(17-8-11)12-3-5-13(6-4-12)15-9-16-10-18-15/h3-6,9-11,14,17H,2,7-8H2,1H3/t11-,14+/m0/s1. The van der Waals surface area contributed by atoms with E-state index < -0.39 is 0 Å². The predicted molar refractivity (Wildman–Crippen MR) is 76.7 cm³/mol. The highest BCUT2D eigenvalue weighted by molar-refractivity contribution is 7.13. The van der Waals surface area contributed by atoms with E-state index in [1.807, 2.05) is 11.7 Å². The van der Waals surface area contributed by atoms with Gasteiger partial charge in [0.15, 0.2) is 0 Å². The van der Waals surface area contributed by atoms with Crippen molar-refractivity contribution in [3.05, 3.63) is 41.5 Å². The molecule has 3 rings (SSSR count). The molecule has 1 N–H and O–H groups in total. The van der Waals surface area contributed by atoms with E-state index in [1.165, 1.54) is 28.8 Å². The van der Waals surface area contributed by atoms with E-state index in [9.17, 15) is 0 Å². The monoisotopic (exact) mass is 258 g/mol. The Balaban J connectivity index is 1.75. The summed E-state index contributed by atoms with van der Waals surface area (Å²) < 4.78 is 0. The Labute approximate surface area is 112 Å². The maximum Gasteiger partial charge on any atom is 0.0797 e. The fourth-order valence-electron chi connectivity index (χ4n) is 2.52. The number of nitrogens with zero attached hydrogens (tertiary/aromatic N) is 1. The van der Waals surface area contributed by atoms with Crippen LogP contribution < -0.4 is 5.32 Å². The molecule has 94 valence electrons. The molecule has 0 saturated carbocycles. The van der Waals surface area contributed by atoms with Crippen LogP contribution in [0.3, 0.4) is 0 Å². The van der Waals surface area contributed by atoms with E-state index in [-0.39, 0.29) is 0 Å². The van der Waals surface area contributed by atoms with Crippen LogP contribution in [0, 0.1) is 5.92 Å². The lowest BCUT2D eigenvalue weighted by atomic mass is 9.92. The second-order valence-electron chi connectivity index (χ2n) is 5.13. The van der Waals surface area contributed by atoms with E-state index in [4.69, 9.17) is 0 Å². The van der Waals surface area contributed by atoms with E-state index in [1.54, 1.807) is 11.3 Å². The van der Waals surface area contributed by atoms with Gasteiger partial charge >= 0.3 is 0 Å². The van der Waals surface area contributed by atoms with Crippen molar-refractivity contribution in [1.82, 2.24) is 10.3 Å². The highest BCUT2D eigenvalue weighted by Gasteiger charge is 2.18. The molecule has 0 aliphatic carbocycles. The van der Waals surface area contributed by atoms with Crippen LogP contribution in [0.4, 0.5) is 0 Å². The maximum absolute atomic E-state index is 4.13. The van der Waals surface area contributed by atoms with Gasteiger partial charge < -0.3 is 5.32 Å². The first-order chi connectivity index (χ1) is 8.83. The van der Waals surface area contributed by atoms with Crippen LogP contribution in [0.25, 0.3) is 10.4 Å². The van der Waals surface area contributed by atoms with Crippen LogP contribution in [-0.4, -0.2) is 11.5 Å². The average molecular weight is 258 g/mol. The quantitative estimate of drug-likeness (QED) is 0.884. The minimum Gasteiger partial charge on any atom is -0.310 e. The van der Waals surface area contributed by atoms with Crippen LogP contribution in [0.2, 0.25) is 0 Å². The molecule has 2 atom stereocenters. The van der Waals surface area contributed by atoms with Crippen molar-refractivity contribution in [2.24, 2.45) is 5.92 Å². The first-order valence-corrected chi connectivity index (χ1v) is 7.43. The molecular weight excluding hydrogens is 240 g/mol. The van der Waals surface area contributed by atoms with E-state index in [2.05, 4.69) is 41.5 Å². The minimum atomic E-state index is 0.539. The van der Waals surface area contributed by atoms with Gasteiger partial charge in [-0.05, 0) is 36.4 Å². The normalized spacial score (nSPS) is 24.1. The summed E-state index contributed by atoms with van der Waals surface area (Å²) in [5.41, 5.74) is 4.56. The Hall–Kier alpha value is -1.19. The smallest absolute Gasteiger partial charge is 0.0797 e. The topological polar surface area (TPSA) is 24.9 Å². The third kappa shape index (κ3) is 2.47. The molecule has 0 spiro atoms. The molecule has 1 saturated heterocycles. The SMILES string of the molecule is C[C@H]1CC[C@H](c2ccc(-c3cncs3)cc2)NC1. The summed E-state index contributed by atoms with van der Waals surface area (Å²) in [5, 5.41) is 3.63. The summed E-state index contributed by atoms with van der Waals surface area (Å²) in [7, 11) is 0. The highest BCUT2D eigenvalue weighted by Crippen LogP contribution is 2.28. The van der Waals surface area contributed by atoms with Crippen molar-refractivity contribution in [2.75, 3.05) is 6.54 Å². The zero-order chi connectivity index (χ0) is 12.4. The molecule has 1 aliphatic heterocycles. The van der Waals surface area contributed by atoms with Crippen LogP contribution in [-0.2, 0) is 0 Å². The van der Waals surface area contributed by atoms with E-state index in [0.29, 0.717) is 6.04 Å². The molecule has 0 radical (unpaired) electrons. The van der Waals surface area contributed by atoms with E-state index >= 15 is 0 Å². The lowest BCUT2D eigenvalue weighted by molar-refractivity contribution is 0.333. The third-order valence-electron chi connectivity index (χ3n) is 3.69. The molecule has 2 aromatic rings. The van der Waals surface area contributed by atoms with Crippen LogP contribution in [0.15, 0.2) is 36.0 Å². The number of benzene rings is 1. The van der Waals surface area contributed by atoms with Gasteiger partial charge in [-0.25, -0.2) is 0 Å². The summed E-state index contributed by atoms with van der Waals surface area (Å²) in [5.74, 6) is 0.817. The lowest BCUT2D eigenvalue weighted by Gasteiger charge is -2.28. The summed E-state index contributed by atoms with van der Waals surface area (Å²) in [6.45, 7) is 3.46. The van der Waals surface area contributed by atoms with Crippen molar-refractivity contribution in [2.45, 2.75) is 25.8 Å². The van der Waals surface area contributed by atoms with Crippen LogP contribution in [0.1, 0.15) is 31.4 Å².